The molecule has 1 fully saturated rings. The lowest BCUT2D eigenvalue weighted by Gasteiger charge is -2.09. The molecule has 1 aromatic carbocycles. The molecule has 0 heterocycles. The van der Waals surface area contributed by atoms with Gasteiger partial charge in [-0.05, 0) is 37.5 Å². The van der Waals surface area contributed by atoms with Crippen LogP contribution in [0.1, 0.15) is 38.5 Å². The van der Waals surface area contributed by atoms with Crippen LogP contribution < -0.4 is 11.1 Å². The van der Waals surface area contributed by atoms with Crippen LogP contribution >= 0.6 is 0 Å². The highest BCUT2D eigenvalue weighted by Crippen LogP contribution is 2.23. The van der Waals surface area contributed by atoms with Gasteiger partial charge in [0.15, 0.2) is 0 Å². The number of nitrogens with two attached hydrogens (primary N) is 1. The average Bonchev–Trinajstić information content (AvgIpc) is 2.92. The lowest BCUT2D eigenvalue weighted by atomic mass is 10.2. The maximum Gasteiger partial charge on any atom is 0.224 e. The quantitative estimate of drug-likeness (QED) is 0.792. The highest BCUT2D eigenvalue weighted by atomic mass is 32.2. The summed E-state index contributed by atoms with van der Waals surface area (Å²) in [5.74, 6) is 0.591. The zero-order valence-corrected chi connectivity index (χ0v) is 12.5. The minimum atomic E-state index is -0.762. The molecule has 1 aliphatic rings. The van der Waals surface area contributed by atoms with Gasteiger partial charge in [0.1, 0.15) is 0 Å². The smallest absolute Gasteiger partial charge is 0.224 e. The lowest BCUT2D eigenvalue weighted by Crippen LogP contribution is -2.16. The number of rotatable bonds is 6. The summed E-state index contributed by atoms with van der Waals surface area (Å²) in [4.78, 5) is 11.8. The third-order valence-corrected chi connectivity index (χ3v) is 5.50. The standard InChI is InChI=1S/C15H22N2O2S/c16-12-5-3-6-13(11-12)17-15(18)9-4-10-20(19)14-7-1-2-8-14/h3,5-6,11,14H,1-2,4,7-10,16H2,(H,17,18). The predicted molar refractivity (Wildman–Crippen MR) is 84.0 cm³/mol. The third-order valence-electron chi connectivity index (χ3n) is 3.59. The number of amides is 1. The van der Waals surface area contributed by atoms with Gasteiger partial charge < -0.3 is 11.1 Å². The summed E-state index contributed by atoms with van der Waals surface area (Å²) in [6.07, 6.45) is 5.66. The minimum Gasteiger partial charge on any atom is -0.399 e. The molecule has 1 amide bonds. The van der Waals surface area contributed by atoms with E-state index in [2.05, 4.69) is 5.32 Å². The zero-order valence-electron chi connectivity index (χ0n) is 11.6. The van der Waals surface area contributed by atoms with E-state index in [4.69, 9.17) is 5.73 Å². The second-order valence-electron chi connectivity index (χ2n) is 5.27. The van der Waals surface area contributed by atoms with Crippen LogP contribution in [0, 0.1) is 0 Å². The summed E-state index contributed by atoms with van der Waals surface area (Å²) in [6, 6.07) is 7.13. The normalized spacial score (nSPS) is 17.0. The molecule has 0 bridgehead atoms. The second-order valence-corrected chi connectivity index (χ2v) is 7.10. The Bertz CT molecular complexity index is 485. The van der Waals surface area contributed by atoms with Gasteiger partial charge in [-0.1, -0.05) is 18.9 Å². The molecule has 0 saturated heterocycles. The maximum atomic E-state index is 12.0. The predicted octanol–water partition coefficient (Wildman–Crippen LogP) is 2.68. The van der Waals surface area contributed by atoms with Crippen LogP contribution in [0.2, 0.25) is 0 Å². The molecule has 20 heavy (non-hydrogen) atoms. The van der Waals surface area contributed by atoms with Crippen molar-refractivity contribution in [2.45, 2.75) is 43.8 Å². The van der Waals surface area contributed by atoms with Crippen molar-refractivity contribution in [3.8, 4) is 0 Å². The molecule has 1 unspecified atom stereocenters. The van der Waals surface area contributed by atoms with Crippen LogP contribution in [0.15, 0.2) is 24.3 Å². The largest absolute Gasteiger partial charge is 0.399 e. The lowest BCUT2D eigenvalue weighted by molar-refractivity contribution is -0.116. The van der Waals surface area contributed by atoms with E-state index in [-0.39, 0.29) is 5.91 Å². The van der Waals surface area contributed by atoms with Crippen molar-refractivity contribution in [2.75, 3.05) is 16.8 Å². The zero-order chi connectivity index (χ0) is 14.4. The van der Waals surface area contributed by atoms with Crippen molar-refractivity contribution >= 4 is 28.1 Å². The number of anilines is 2. The molecule has 1 atom stereocenters. The van der Waals surface area contributed by atoms with Gasteiger partial charge in [-0.2, -0.15) is 0 Å². The Morgan fingerprint density at radius 2 is 2.10 bits per heavy atom. The molecule has 2 rings (SSSR count). The molecule has 0 radical (unpaired) electrons. The number of hydrogen-bond acceptors (Lipinski definition) is 3. The Hall–Kier alpha value is -1.36. The fourth-order valence-corrected chi connectivity index (χ4v) is 4.15. The van der Waals surface area contributed by atoms with Gasteiger partial charge in [-0.3, -0.25) is 9.00 Å². The van der Waals surface area contributed by atoms with E-state index in [9.17, 15) is 9.00 Å². The minimum absolute atomic E-state index is 0.0426. The molecule has 1 aromatic rings. The van der Waals surface area contributed by atoms with Gasteiger partial charge in [0.2, 0.25) is 5.91 Å². The number of hydrogen-bond donors (Lipinski definition) is 2. The first kappa shape index (κ1) is 15.0. The van der Waals surface area contributed by atoms with Crippen molar-refractivity contribution in [1.82, 2.24) is 0 Å². The van der Waals surface area contributed by atoms with Gasteiger partial charge in [-0.15, -0.1) is 0 Å². The monoisotopic (exact) mass is 294 g/mol. The molecule has 110 valence electrons. The number of carbonyl (C=O) groups is 1. The van der Waals surface area contributed by atoms with Gasteiger partial charge in [0.25, 0.3) is 0 Å². The van der Waals surface area contributed by atoms with Gasteiger partial charge in [0.05, 0.1) is 0 Å². The van der Waals surface area contributed by atoms with Gasteiger partial charge >= 0.3 is 0 Å². The highest BCUT2D eigenvalue weighted by molar-refractivity contribution is 7.85. The fourth-order valence-electron chi connectivity index (χ4n) is 2.53. The van der Waals surface area contributed by atoms with E-state index in [1.807, 2.05) is 6.07 Å². The molecular weight excluding hydrogens is 272 g/mol. The maximum absolute atomic E-state index is 12.0. The summed E-state index contributed by atoms with van der Waals surface area (Å²) >= 11 is 0. The van der Waals surface area contributed by atoms with Crippen LogP contribution in [0.25, 0.3) is 0 Å². The molecule has 0 aromatic heterocycles. The van der Waals surface area contributed by atoms with E-state index >= 15 is 0 Å². The molecule has 0 spiro atoms. The Morgan fingerprint density at radius 3 is 2.80 bits per heavy atom. The van der Waals surface area contributed by atoms with E-state index in [0.29, 0.717) is 35.2 Å². The summed E-state index contributed by atoms with van der Waals surface area (Å²) in [6.45, 7) is 0. The first-order valence-electron chi connectivity index (χ1n) is 7.18. The van der Waals surface area contributed by atoms with Crippen molar-refractivity contribution in [3.63, 3.8) is 0 Å². The van der Waals surface area contributed by atoms with Crippen molar-refractivity contribution < 1.29 is 9.00 Å². The first-order chi connectivity index (χ1) is 9.65. The van der Waals surface area contributed by atoms with Crippen molar-refractivity contribution in [2.24, 2.45) is 0 Å². The van der Waals surface area contributed by atoms with E-state index in [0.717, 1.165) is 12.8 Å². The van der Waals surface area contributed by atoms with E-state index in [1.54, 1.807) is 18.2 Å². The molecule has 1 aliphatic carbocycles. The number of nitrogens with one attached hydrogen (secondary N) is 1. The molecule has 0 aliphatic heterocycles. The van der Waals surface area contributed by atoms with Gasteiger partial charge in [-0.25, -0.2) is 0 Å². The van der Waals surface area contributed by atoms with Crippen LogP contribution in [-0.4, -0.2) is 21.1 Å². The average molecular weight is 294 g/mol. The van der Waals surface area contributed by atoms with Gasteiger partial charge in [0, 0.05) is 39.6 Å². The first-order valence-corrected chi connectivity index (χ1v) is 8.56. The Kier molecular flexibility index (Phi) is 5.59. The van der Waals surface area contributed by atoms with Crippen LogP contribution in [0.3, 0.4) is 0 Å². The van der Waals surface area contributed by atoms with Crippen LogP contribution in [0.5, 0.6) is 0 Å². The van der Waals surface area contributed by atoms with Crippen LogP contribution in [0.4, 0.5) is 11.4 Å². The third kappa shape index (κ3) is 4.63. The topological polar surface area (TPSA) is 72.2 Å². The van der Waals surface area contributed by atoms with Crippen LogP contribution in [-0.2, 0) is 15.6 Å². The Morgan fingerprint density at radius 1 is 1.35 bits per heavy atom. The Balaban J connectivity index is 1.68. The molecule has 1 saturated carbocycles. The summed E-state index contributed by atoms with van der Waals surface area (Å²) in [7, 11) is -0.762. The fraction of sp³-hybridized carbons (Fsp3) is 0.533. The summed E-state index contributed by atoms with van der Waals surface area (Å²) in [5.41, 5.74) is 7.00. The van der Waals surface area contributed by atoms with Crippen molar-refractivity contribution in [3.05, 3.63) is 24.3 Å². The second kappa shape index (κ2) is 7.43. The molecular formula is C15H22N2O2S. The highest BCUT2D eigenvalue weighted by Gasteiger charge is 2.20. The van der Waals surface area contributed by atoms with E-state index < -0.39 is 10.8 Å². The summed E-state index contributed by atoms with van der Waals surface area (Å²) < 4.78 is 12.0. The number of carbonyl (C=O) groups excluding carboxylic acids is 1. The summed E-state index contributed by atoms with van der Waals surface area (Å²) in [5, 5.41) is 3.18. The Labute approximate surface area is 122 Å². The number of benzene rings is 1. The molecule has 3 N–H and O–H groups in total. The SMILES string of the molecule is Nc1cccc(NC(=O)CCCS(=O)C2CCCC2)c1. The molecule has 5 heteroatoms. The van der Waals surface area contributed by atoms with E-state index in [1.165, 1.54) is 12.8 Å². The number of nitrogen functional groups attached to an aromatic ring is 1. The molecule has 4 nitrogen and oxygen atoms in total. The van der Waals surface area contributed by atoms with Crippen molar-refractivity contribution in [1.29, 1.82) is 0 Å².